The summed E-state index contributed by atoms with van der Waals surface area (Å²) in [6, 6.07) is 7.56. The van der Waals surface area contributed by atoms with E-state index < -0.39 is 6.10 Å². The molecule has 0 saturated carbocycles. The van der Waals surface area contributed by atoms with E-state index in [2.05, 4.69) is 4.98 Å². The molecule has 1 atom stereocenters. The van der Waals surface area contributed by atoms with Crippen LogP contribution in [0.2, 0.25) is 0 Å². The number of aliphatic hydroxyl groups is 1. The number of hydrogen-bond donors (Lipinski definition) is 1. The lowest BCUT2D eigenvalue weighted by atomic mass is 10.2. The summed E-state index contributed by atoms with van der Waals surface area (Å²) in [4.78, 5) is 16.3. The Kier molecular flexibility index (Phi) is 3.24. The molecule has 4 heteroatoms. The monoisotopic (exact) mass is 232 g/mol. The molecule has 4 nitrogen and oxygen atoms in total. The summed E-state index contributed by atoms with van der Waals surface area (Å²) in [6.07, 6.45) is 0.155. The molecule has 0 fully saturated rings. The van der Waals surface area contributed by atoms with E-state index in [9.17, 15) is 9.90 Å². The highest BCUT2D eigenvalue weighted by Gasteiger charge is 2.08. The topological polar surface area (TPSA) is 55.1 Å². The Balaban J connectivity index is 2.58. The van der Waals surface area contributed by atoms with Gasteiger partial charge in [-0.05, 0) is 32.4 Å². The lowest BCUT2D eigenvalue weighted by Crippen LogP contribution is -2.25. The van der Waals surface area contributed by atoms with Crippen molar-refractivity contribution in [3.05, 3.63) is 40.3 Å². The number of aryl methyl sites for hydroxylation is 2. The highest BCUT2D eigenvalue weighted by molar-refractivity contribution is 5.74. The van der Waals surface area contributed by atoms with Gasteiger partial charge in [-0.15, -0.1) is 0 Å². The molecule has 1 N–H and O–H groups in total. The van der Waals surface area contributed by atoms with Crippen molar-refractivity contribution in [2.24, 2.45) is 0 Å². The maximum Gasteiger partial charge on any atom is 0.272 e. The number of benzene rings is 1. The standard InChI is InChI=1S/C13H16N2O2/c1-9(16)7-8-15-12-6-4-3-5-11(12)14-10(2)13(15)17/h3-6,9,16H,7-8H2,1-2H3. The van der Waals surface area contributed by atoms with Gasteiger partial charge in [-0.25, -0.2) is 4.98 Å². The number of aromatic nitrogens is 2. The molecular formula is C13H16N2O2. The fourth-order valence-electron chi connectivity index (χ4n) is 1.86. The molecule has 0 aliphatic heterocycles. The van der Waals surface area contributed by atoms with Crippen LogP contribution in [-0.4, -0.2) is 20.8 Å². The third kappa shape index (κ3) is 2.36. The summed E-state index contributed by atoms with van der Waals surface area (Å²) in [6.45, 7) is 3.95. The molecular weight excluding hydrogens is 216 g/mol. The van der Waals surface area contributed by atoms with E-state index in [-0.39, 0.29) is 5.56 Å². The summed E-state index contributed by atoms with van der Waals surface area (Å²) < 4.78 is 1.68. The average Bonchev–Trinajstić information content (AvgIpc) is 2.29. The smallest absolute Gasteiger partial charge is 0.272 e. The molecule has 1 unspecified atom stereocenters. The van der Waals surface area contributed by atoms with Gasteiger partial charge < -0.3 is 9.67 Å². The quantitative estimate of drug-likeness (QED) is 0.872. The second kappa shape index (κ2) is 4.67. The lowest BCUT2D eigenvalue weighted by molar-refractivity contribution is 0.178. The molecule has 0 radical (unpaired) electrons. The van der Waals surface area contributed by atoms with Crippen LogP contribution in [0.4, 0.5) is 0 Å². The van der Waals surface area contributed by atoms with Crippen molar-refractivity contribution in [1.82, 2.24) is 9.55 Å². The van der Waals surface area contributed by atoms with Crippen LogP contribution >= 0.6 is 0 Å². The fourth-order valence-corrected chi connectivity index (χ4v) is 1.86. The molecule has 0 spiro atoms. The minimum atomic E-state index is -0.408. The summed E-state index contributed by atoms with van der Waals surface area (Å²) in [5.74, 6) is 0. The van der Waals surface area contributed by atoms with Gasteiger partial charge in [-0.1, -0.05) is 12.1 Å². The first-order valence-corrected chi connectivity index (χ1v) is 5.74. The van der Waals surface area contributed by atoms with Crippen molar-refractivity contribution < 1.29 is 5.11 Å². The van der Waals surface area contributed by atoms with Gasteiger partial charge in [0.25, 0.3) is 5.56 Å². The maximum atomic E-state index is 12.0. The van der Waals surface area contributed by atoms with Crippen molar-refractivity contribution in [2.45, 2.75) is 32.9 Å². The Morgan fingerprint density at radius 1 is 1.41 bits per heavy atom. The van der Waals surface area contributed by atoms with Gasteiger partial charge in [0.15, 0.2) is 0 Å². The normalized spacial score (nSPS) is 12.9. The summed E-state index contributed by atoms with van der Waals surface area (Å²) in [5.41, 5.74) is 2.05. The van der Waals surface area contributed by atoms with Crippen molar-refractivity contribution in [3.8, 4) is 0 Å². The molecule has 0 bridgehead atoms. The number of para-hydroxylation sites is 2. The predicted molar refractivity (Wildman–Crippen MR) is 67.0 cm³/mol. The van der Waals surface area contributed by atoms with Gasteiger partial charge in [0.1, 0.15) is 5.69 Å². The van der Waals surface area contributed by atoms with E-state index in [1.165, 1.54) is 0 Å². The number of rotatable bonds is 3. The van der Waals surface area contributed by atoms with Gasteiger partial charge in [0.05, 0.1) is 17.1 Å². The highest BCUT2D eigenvalue weighted by atomic mass is 16.3. The summed E-state index contributed by atoms with van der Waals surface area (Å²) >= 11 is 0. The number of aliphatic hydroxyl groups excluding tert-OH is 1. The molecule has 2 aromatic rings. The van der Waals surface area contributed by atoms with E-state index in [4.69, 9.17) is 0 Å². The highest BCUT2D eigenvalue weighted by Crippen LogP contribution is 2.10. The fraction of sp³-hybridized carbons (Fsp3) is 0.385. The van der Waals surface area contributed by atoms with Crippen molar-refractivity contribution >= 4 is 11.0 Å². The molecule has 0 amide bonds. The van der Waals surface area contributed by atoms with Crippen molar-refractivity contribution in [2.75, 3.05) is 0 Å². The molecule has 0 saturated heterocycles. The van der Waals surface area contributed by atoms with Crippen molar-refractivity contribution in [1.29, 1.82) is 0 Å². The zero-order valence-electron chi connectivity index (χ0n) is 10.1. The number of fused-ring (bicyclic) bond motifs is 1. The maximum absolute atomic E-state index is 12.0. The van der Waals surface area contributed by atoms with Crippen LogP contribution in [0.1, 0.15) is 19.0 Å². The van der Waals surface area contributed by atoms with Crippen LogP contribution in [0.5, 0.6) is 0 Å². The molecule has 1 aromatic heterocycles. The Morgan fingerprint density at radius 2 is 2.12 bits per heavy atom. The van der Waals surface area contributed by atoms with Crippen molar-refractivity contribution in [3.63, 3.8) is 0 Å². The zero-order valence-corrected chi connectivity index (χ0v) is 10.1. The summed E-state index contributed by atoms with van der Waals surface area (Å²) in [7, 11) is 0. The Bertz CT molecular complexity index is 587. The molecule has 17 heavy (non-hydrogen) atoms. The van der Waals surface area contributed by atoms with E-state index in [0.29, 0.717) is 18.7 Å². The minimum absolute atomic E-state index is 0.0793. The van der Waals surface area contributed by atoms with E-state index in [1.807, 2.05) is 24.3 Å². The average molecular weight is 232 g/mol. The second-order valence-corrected chi connectivity index (χ2v) is 4.28. The number of hydrogen-bond acceptors (Lipinski definition) is 3. The summed E-state index contributed by atoms with van der Waals surface area (Å²) in [5, 5.41) is 9.31. The third-order valence-electron chi connectivity index (χ3n) is 2.79. The SMILES string of the molecule is Cc1nc2ccccc2n(CCC(C)O)c1=O. The van der Waals surface area contributed by atoms with Crippen LogP contribution < -0.4 is 5.56 Å². The first-order chi connectivity index (χ1) is 8.09. The van der Waals surface area contributed by atoms with Crippen LogP contribution in [0, 0.1) is 6.92 Å². The molecule has 90 valence electrons. The second-order valence-electron chi connectivity index (χ2n) is 4.28. The third-order valence-corrected chi connectivity index (χ3v) is 2.79. The van der Waals surface area contributed by atoms with Crippen LogP contribution in [-0.2, 0) is 6.54 Å². The van der Waals surface area contributed by atoms with E-state index in [1.54, 1.807) is 18.4 Å². The lowest BCUT2D eigenvalue weighted by Gasteiger charge is -2.11. The van der Waals surface area contributed by atoms with Gasteiger partial charge in [-0.2, -0.15) is 0 Å². The first kappa shape index (κ1) is 11.8. The van der Waals surface area contributed by atoms with Crippen LogP contribution in [0.15, 0.2) is 29.1 Å². The Hall–Kier alpha value is -1.68. The molecule has 0 aliphatic carbocycles. The van der Waals surface area contributed by atoms with Crippen LogP contribution in [0.3, 0.4) is 0 Å². The van der Waals surface area contributed by atoms with E-state index >= 15 is 0 Å². The Labute approximate surface area is 99.5 Å². The first-order valence-electron chi connectivity index (χ1n) is 5.74. The molecule has 1 aromatic carbocycles. The van der Waals surface area contributed by atoms with Crippen LogP contribution in [0.25, 0.3) is 11.0 Å². The molecule has 2 rings (SSSR count). The van der Waals surface area contributed by atoms with Gasteiger partial charge in [0.2, 0.25) is 0 Å². The molecule has 1 heterocycles. The number of nitrogens with zero attached hydrogens (tertiary/aromatic N) is 2. The molecule has 0 aliphatic rings. The van der Waals surface area contributed by atoms with E-state index in [0.717, 1.165) is 11.0 Å². The van der Waals surface area contributed by atoms with Gasteiger partial charge in [-0.3, -0.25) is 4.79 Å². The van der Waals surface area contributed by atoms with Gasteiger partial charge in [0, 0.05) is 6.54 Å². The van der Waals surface area contributed by atoms with Gasteiger partial charge >= 0.3 is 0 Å². The predicted octanol–water partition coefficient (Wildman–Crippen LogP) is 1.48. The Morgan fingerprint density at radius 3 is 2.82 bits per heavy atom. The minimum Gasteiger partial charge on any atom is -0.393 e. The largest absolute Gasteiger partial charge is 0.393 e. The zero-order chi connectivity index (χ0) is 12.4.